The normalized spacial score (nSPS) is 26.4. The SMILES string of the molecule is C1CC2=C(CCNC2)CN1. The fourth-order valence-corrected chi connectivity index (χ4v) is 1.74. The van der Waals surface area contributed by atoms with Crippen molar-refractivity contribution in [1.29, 1.82) is 0 Å². The number of hydrogen-bond acceptors (Lipinski definition) is 2. The fourth-order valence-electron chi connectivity index (χ4n) is 1.74. The van der Waals surface area contributed by atoms with E-state index in [-0.39, 0.29) is 0 Å². The summed E-state index contributed by atoms with van der Waals surface area (Å²) in [5.41, 5.74) is 3.34. The summed E-state index contributed by atoms with van der Waals surface area (Å²) >= 11 is 0. The van der Waals surface area contributed by atoms with Crippen LogP contribution >= 0.6 is 0 Å². The van der Waals surface area contributed by atoms with E-state index in [1.807, 2.05) is 0 Å². The van der Waals surface area contributed by atoms with Gasteiger partial charge in [-0.2, -0.15) is 0 Å². The first-order valence-electron chi connectivity index (χ1n) is 4.08. The monoisotopic (exact) mass is 138 g/mol. The molecule has 0 aromatic rings. The van der Waals surface area contributed by atoms with Crippen LogP contribution in [0.15, 0.2) is 11.1 Å². The molecular weight excluding hydrogens is 124 g/mol. The van der Waals surface area contributed by atoms with Crippen LogP contribution in [0.2, 0.25) is 0 Å². The minimum atomic E-state index is 1.15. The Balaban J connectivity index is 2.14. The summed E-state index contributed by atoms with van der Waals surface area (Å²) in [5, 5.41) is 6.80. The van der Waals surface area contributed by atoms with E-state index in [0.29, 0.717) is 0 Å². The summed E-state index contributed by atoms with van der Waals surface area (Å²) in [6.45, 7) is 4.66. The van der Waals surface area contributed by atoms with Crippen molar-refractivity contribution < 1.29 is 0 Å². The Hall–Kier alpha value is -0.340. The molecule has 0 saturated heterocycles. The Morgan fingerprint density at radius 3 is 1.80 bits per heavy atom. The molecule has 0 fully saturated rings. The molecule has 56 valence electrons. The van der Waals surface area contributed by atoms with Crippen LogP contribution in [-0.4, -0.2) is 26.2 Å². The zero-order valence-corrected chi connectivity index (χ0v) is 6.24. The average Bonchev–Trinajstić information content (AvgIpc) is 2.05. The van der Waals surface area contributed by atoms with E-state index in [1.165, 1.54) is 25.9 Å². The predicted octanol–water partition coefficient (Wildman–Crippen LogP) is 0.270. The van der Waals surface area contributed by atoms with Crippen molar-refractivity contribution in [3.8, 4) is 0 Å². The first kappa shape index (κ1) is 6.38. The molecule has 0 spiro atoms. The Morgan fingerprint density at radius 2 is 1.30 bits per heavy atom. The summed E-state index contributed by atoms with van der Waals surface area (Å²) in [4.78, 5) is 0. The van der Waals surface area contributed by atoms with Gasteiger partial charge in [0.2, 0.25) is 0 Å². The highest BCUT2D eigenvalue weighted by molar-refractivity contribution is 5.22. The highest BCUT2D eigenvalue weighted by Crippen LogP contribution is 2.17. The summed E-state index contributed by atoms with van der Waals surface area (Å²) < 4.78 is 0. The molecule has 2 rings (SSSR count). The van der Waals surface area contributed by atoms with Crippen LogP contribution in [-0.2, 0) is 0 Å². The minimum Gasteiger partial charge on any atom is -0.313 e. The van der Waals surface area contributed by atoms with Gasteiger partial charge in [0.05, 0.1) is 0 Å². The van der Waals surface area contributed by atoms with Crippen LogP contribution in [0.1, 0.15) is 12.8 Å². The molecule has 2 nitrogen and oxygen atoms in total. The lowest BCUT2D eigenvalue weighted by atomic mass is 9.96. The van der Waals surface area contributed by atoms with Crippen LogP contribution in [0, 0.1) is 0 Å². The maximum Gasteiger partial charge on any atom is 0.0168 e. The van der Waals surface area contributed by atoms with Crippen molar-refractivity contribution in [1.82, 2.24) is 10.6 Å². The number of nitrogens with one attached hydrogen (secondary N) is 2. The van der Waals surface area contributed by atoms with Gasteiger partial charge in [0.15, 0.2) is 0 Å². The van der Waals surface area contributed by atoms with Crippen LogP contribution in [0.4, 0.5) is 0 Å². The van der Waals surface area contributed by atoms with Crippen molar-refractivity contribution in [2.24, 2.45) is 0 Å². The third-order valence-electron chi connectivity index (χ3n) is 2.38. The molecule has 0 unspecified atom stereocenters. The third-order valence-corrected chi connectivity index (χ3v) is 2.38. The van der Waals surface area contributed by atoms with Gasteiger partial charge >= 0.3 is 0 Å². The molecule has 0 radical (unpaired) electrons. The standard InChI is InChI=1S/C8H14N2/c1-3-9-6-8-2-4-10-5-7(1)8/h9-10H,1-6H2. The highest BCUT2D eigenvalue weighted by Gasteiger charge is 2.14. The second-order valence-corrected chi connectivity index (χ2v) is 3.06. The fraction of sp³-hybridized carbons (Fsp3) is 0.750. The Labute approximate surface area is 61.7 Å². The third kappa shape index (κ3) is 1.09. The summed E-state index contributed by atoms with van der Waals surface area (Å²) in [5.74, 6) is 0. The first-order valence-corrected chi connectivity index (χ1v) is 4.08. The maximum atomic E-state index is 3.40. The largest absolute Gasteiger partial charge is 0.313 e. The molecule has 2 N–H and O–H groups in total. The summed E-state index contributed by atoms with van der Waals surface area (Å²) in [6.07, 6.45) is 2.53. The number of rotatable bonds is 0. The predicted molar refractivity (Wildman–Crippen MR) is 42.0 cm³/mol. The molecule has 0 aliphatic carbocycles. The van der Waals surface area contributed by atoms with E-state index in [9.17, 15) is 0 Å². The van der Waals surface area contributed by atoms with Gasteiger partial charge in [-0.25, -0.2) is 0 Å². The first-order chi connectivity index (χ1) is 4.97. The molecule has 10 heavy (non-hydrogen) atoms. The summed E-state index contributed by atoms with van der Waals surface area (Å²) in [6, 6.07) is 0. The summed E-state index contributed by atoms with van der Waals surface area (Å²) in [7, 11) is 0. The molecular formula is C8H14N2. The zero-order valence-electron chi connectivity index (χ0n) is 6.24. The van der Waals surface area contributed by atoms with Gasteiger partial charge in [-0.3, -0.25) is 0 Å². The Kier molecular flexibility index (Phi) is 1.74. The average molecular weight is 138 g/mol. The molecule has 0 saturated carbocycles. The molecule has 2 heteroatoms. The Bertz CT molecular complexity index is 127. The molecule has 2 aliphatic rings. The van der Waals surface area contributed by atoms with Crippen molar-refractivity contribution in [3.63, 3.8) is 0 Å². The molecule has 0 bridgehead atoms. The lowest BCUT2D eigenvalue weighted by molar-refractivity contribution is 0.573. The second-order valence-electron chi connectivity index (χ2n) is 3.06. The quantitative estimate of drug-likeness (QED) is 0.469. The van der Waals surface area contributed by atoms with Crippen molar-refractivity contribution in [2.45, 2.75) is 12.8 Å². The minimum absolute atomic E-state index is 1.15. The van der Waals surface area contributed by atoms with Crippen LogP contribution in [0.5, 0.6) is 0 Å². The van der Waals surface area contributed by atoms with Gasteiger partial charge in [0.25, 0.3) is 0 Å². The van der Waals surface area contributed by atoms with E-state index < -0.39 is 0 Å². The van der Waals surface area contributed by atoms with Crippen LogP contribution in [0.3, 0.4) is 0 Å². The van der Waals surface area contributed by atoms with Crippen molar-refractivity contribution >= 4 is 0 Å². The van der Waals surface area contributed by atoms with Gasteiger partial charge in [0.1, 0.15) is 0 Å². The molecule has 2 aliphatic heterocycles. The number of hydrogen-bond donors (Lipinski definition) is 2. The molecule has 0 aromatic carbocycles. The molecule has 0 atom stereocenters. The second kappa shape index (κ2) is 2.72. The molecule has 0 aromatic heterocycles. The van der Waals surface area contributed by atoms with Crippen molar-refractivity contribution in [3.05, 3.63) is 11.1 Å². The van der Waals surface area contributed by atoms with Gasteiger partial charge in [0, 0.05) is 13.1 Å². The van der Waals surface area contributed by atoms with E-state index in [1.54, 1.807) is 11.1 Å². The molecule has 2 heterocycles. The van der Waals surface area contributed by atoms with E-state index in [4.69, 9.17) is 0 Å². The molecule has 0 amide bonds. The van der Waals surface area contributed by atoms with E-state index >= 15 is 0 Å². The van der Waals surface area contributed by atoms with Gasteiger partial charge in [-0.1, -0.05) is 11.1 Å². The van der Waals surface area contributed by atoms with E-state index in [2.05, 4.69) is 10.6 Å². The van der Waals surface area contributed by atoms with Crippen LogP contribution in [0.25, 0.3) is 0 Å². The lowest BCUT2D eigenvalue weighted by Crippen LogP contribution is -2.34. The lowest BCUT2D eigenvalue weighted by Gasteiger charge is -2.25. The van der Waals surface area contributed by atoms with Gasteiger partial charge in [-0.15, -0.1) is 0 Å². The highest BCUT2D eigenvalue weighted by atomic mass is 14.9. The zero-order chi connectivity index (χ0) is 6.81. The van der Waals surface area contributed by atoms with E-state index in [0.717, 1.165) is 13.1 Å². The maximum absolute atomic E-state index is 3.40. The van der Waals surface area contributed by atoms with Gasteiger partial charge < -0.3 is 10.6 Å². The van der Waals surface area contributed by atoms with Crippen LogP contribution < -0.4 is 10.6 Å². The van der Waals surface area contributed by atoms with Gasteiger partial charge in [-0.05, 0) is 25.9 Å². The Morgan fingerprint density at radius 1 is 0.800 bits per heavy atom. The van der Waals surface area contributed by atoms with Crippen molar-refractivity contribution in [2.75, 3.05) is 26.2 Å². The topological polar surface area (TPSA) is 24.1 Å². The smallest absolute Gasteiger partial charge is 0.0168 e.